The Bertz CT molecular complexity index is 4040. The lowest BCUT2D eigenvalue weighted by Gasteiger charge is -2.13. The van der Waals surface area contributed by atoms with Gasteiger partial charge in [0.25, 0.3) is 0 Å². The normalized spacial score (nSPS) is 10.1. The maximum Gasteiger partial charge on any atom is 0.349 e. The fourth-order valence-electron chi connectivity index (χ4n) is 7.68. The van der Waals surface area contributed by atoms with Crippen molar-refractivity contribution in [3.8, 4) is 96.3 Å². The maximum atomic E-state index is 11.9. The van der Waals surface area contributed by atoms with E-state index in [9.17, 15) is 38.4 Å². The number of benzene rings is 7. The predicted octanol–water partition coefficient (Wildman–Crippen LogP) is 13.7. The lowest BCUT2D eigenvalue weighted by atomic mass is 9.99. The summed E-state index contributed by atoms with van der Waals surface area (Å²) in [4.78, 5) is 92.8. The van der Waals surface area contributed by atoms with Gasteiger partial charge in [0.15, 0.2) is 36.2 Å². The molecule has 0 aliphatic carbocycles. The summed E-state index contributed by atoms with van der Waals surface area (Å²) in [6.45, 7) is 29.6. The highest BCUT2D eigenvalue weighted by Gasteiger charge is 2.18. The Hall–Kier alpha value is -12.1. The lowest BCUT2D eigenvalue weighted by molar-refractivity contribution is -0.150. The molecule has 0 aromatic heterocycles. The molecule has 0 atom stereocenters. The number of hydrogen-bond donors (Lipinski definition) is 0. The number of carbonyl (C=O) groups excluding carboxylic acids is 8. The van der Waals surface area contributed by atoms with Crippen LogP contribution in [-0.4, -0.2) is 95.5 Å². The van der Waals surface area contributed by atoms with Gasteiger partial charge in [0.2, 0.25) is 0 Å². The van der Waals surface area contributed by atoms with Crippen molar-refractivity contribution in [3.05, 3.63) is 225 Å². The third-order valence-electron chi connectivity index (χ3n) is 12.6. The number of rotatable bonds is 26. The quantitative estimate of drug-likeness (QED) is 0.0161. The van der Waals surface area contributed by atoms with E-state index < -0.39 is 61.0 Å². The van der Waals surface area contributed by atoms with Crippen molar-refractivity contribution >= 4 is 47.8 Å². The van der Waals surface area contributed by atoms with Crippen LogP contribution in [0.15, 0.2) is 225 Å². The summed E-state index contributed by atoms with van der Waals surface area (Å²) in [5.41, 5.74) is 8.79. The Morgan fingerprint density at radius 1 is 0.295 bits per heavy atom. The van der Waals surface area contributed by atoms with Crippen LogP contribution < -0.4 is 42.6 Å². The molecule has 0 heterocycles. The van der Waals surface area contributed by atoms with Crippen molar-refractivity contribution in [2.75, 3.05) is 47.8 Å². The first-order chi connectivity index (χ1) is 45.2. The first kappa shape index (κ1) is 73.7. The molecule has 20 heteroatoms. The molecule has 20 nitrogen and oxygen atoms in total. The van der Waals surface area contributed by atoms with Crippen molar-refractivity contribution in [3.63, 3.8) is 0 Å². The zero-order chi connectivity index (χ0) is 69.9. The minimum Gasteiger partial charge on any atom is -0.496 e. The highest BCUT2D eigenvalue weighted by Crippen LogP contribution is 2.37. The summed E-state index contributed by atoms with van der Waals surface area (Å²) < 4.78 is 62.5. The Kier molecular flexibility index (Phi) is 28.0. The highest BCUT2D eigenvalue weighted by molar-refractivity contribution is 5.92. The van der Waals surface area contributed by atoms with E-state index in [1.807, 2.05) is 48.5 Å². The van der Waals surface area contributed by atoms with E-state index in [1.54, 1.807) is 132 Å². The van der Waals surface area contributed by atoms with Crippen molar-refractivity contribution in [1.29, 1.82) is 0 Å². The van der Waals surface area contributed by atoms with E-state index in [2.05, 4.69) is 45.5 Å². The molecule has 7 aromatic carbocycles. The number of methoxy groups -OCH3 is 3. The molecule has 0 N–H and O–H groups in total. The molecule has 95 heavy (non-hydrogen) atoms. The monoisotopic (exact) mass is 1290 g/mol. The molecule has 7 rings (SSSR count). The standard InChI is InChI=1S/C29H28O6.2C23H22O7/c1-19(2)28(30)34-16-15-33-26-14-11-24(18-27(26)32-5)23-8-6-7-22(17-23)21-9-12-25(13-10-21)35-29(31)20(3)4;1-14(2)22(25)28-13-21(24)30-19-11-8-17(12-20(19)27-5)16-6-9-18(10-7-16)29-23(26)15(3)4;1-14(2)22(25)28-13-21(24)29-18-10-11-19(20(12-18)27-5)16-6-8-17(9-7-16)30-23(26)15(3)4/h6-14,17-18H,1,3,15-16H2,2,4-5H3;2*6-12H,1,3,13H2,2,4-5H3. The number of esters is 8. The van der Waals surface area contributed by atoms with Gasteiger partial charge in [-0.3, -0.25) is 0 Å². The molecule has 0 amide bonds. The predicted molar refractivity (Wildman–Crippen MR) is 356 cm³/mol. The number of ether oxygens (including phenoxy) is 12. The van der Waals surface area contributed by atoms with E-state index in [4.69, 9.17) is 56.8 Å². The first-order valence-corrected chi connectivity index (χ1v) is 28.8. The summed E-state index contributed by atoms with van der Waals surface area (Å²) in [5, 5.41) is 0. The summed E-state index contributed by atoms with van der Waals surface area (Å²) in [6, 6.07) is 44.6. The largest absolute Gasteiger partial charge is 0.496 e. The van der Waals surface area contributed by atoms with E-state index in [0.717, 1.165) is 44.5 Å². The third kappa shape index (κ3) is 23.3. The van der Waals surface area contributed by atoms with Gasteiger partial charge in [-0.15, -0.1) is 0 Å². The van der Waals surface area contributed by atoms with Crippen molar-refractivity contribution in [1.82, 2.24) is 0 Å². The van der Waals surface area contributed by atoms with Gasteiger partial charge in [-0.1, -0.05) is 106 Å². The molecular weight excluding hydrogens is 1220 g/mol. The molecule has 0 radical (unpaired) electrons. The van der Waals surface area contributed by atoms with Crippen LogP contribution in [0.5, 0.6) is 51.7 Å². The SMILES string of the molecule is C=C(C)C(=O)OCC(=O)Oc1ccc(-c2ccc(OC(=O)C(=C)C)cc2)c(OC)c1.C=C(C)C(=O)OCC(=O)Oc1ccc(-c2ccc(OC(=O)C(=C)C)cc2)cc1OC.C=C(C)C(=O)OCCOc1ccc(-c2cccc(-c3ccc(OC(=O)C(=C)C)cc3)c2)cc1OC. The Labute approximate surface area is 550 Å². The van der Waals surface area contributed by atoms with Crippen LogP contribution in [0.4, 0.5) is 0 Å². The van der Waals surface area contributed by atoms with Crippen LogP contribution in [0.3, 0.4) is 0 Å². The first-order valence-electron chi connectivity index (χ1n) is 28.8. The average Bonchev–Trinajstić information content (AvgIpc) is 1.21. The van der Waals surface area contributed by atoms with Crippen LogP contribution in [0, 0.1) is 0 Å². The van der Waals surface area contributed by atoms with Crippen LogP contribution >= 0.6 is 0 Å². The van der Waals surface area contributed by atoms with Crippen LogP contribution in [-0.2, 0) is 52.6 Å². The molecule has 0 saturated carbocycles. The Morgan fingerprint density at radius 3 is 1.07 bits per heavy atom. The topological polar surface area (TPSA) is 247 Å². The average molecular weight is 1290 g/mol. The highest BCUT2D eigenvalue weighted by atomic mass is 16.6. The van der Waals surface area contributed by atoms with Gasteiger partial charge in [0.05, 0.1) is 21.3 Å². The molecule has 0 saturated heterocycles. The molecule has 0 spiro atoms. The molecule has 0 aliphatic rings. The summed E-state index contributed by atoms with van der Waals surface area (Å²) in [5.74, 6) is -1.13. The summed E-state index contributed by atoms with van der Waals surface area (Å²) in [7, 11) is 4.51. The van der Waals surface area contributed by atoms with E-state index in [0.29, 0.717) is 62.5 Å². The fourth-order valence-corrected chi connectivity index (χ4v) is 7.68. The molecule has 0 bridgehead atoms. The second-order valence-corrected chi connectivity index (χ2v) is 20.7. The van der Waals surface area contributed by atoms with E-state index in [-0.39, 0.29) is 35.9 Å². The minimum absolute atomic E-state index is 0.115. The molecule has 0 unspecified atom stereocenters. The van der Waals surface area contributed by atoms with Gasteiger partial charge in [-0.2, -0.15) is 0 Å². The minimum atomic E-state index is -0.751. The van der Waals surface area contributed by atoms with Crippen LogP contribution in [0.2, 0.25) is 0 Å². The fraction of sp³-hybridized carbons (Fsp3) is 0.173. The van der Waals surface area contributed by atoms with E-state index in [1.165, 1.54) is 28.1 Å². The van der Waals surface area contributed by atoms with E-state index >= 15 is 0 Å². The number of hydrogen-bond acceptors (Lipinski definition) is 20. The molecule has 492 valence electrons. The van der Waals surface area contributed by atoms with Crippen molar-refractivity contribution < 1.29 is 95.2 Å². The molecule has 0 fully saturated rings. The second-order valence-electron chi connectivity index (χ2n) is 20.7. The molecule has 0 aliphatic heterocycles. The van der Waals surface area contributed by atoms with Crippen LogP contribution in [0.25, 0.3) is 44.5 Å². The summed E-state index contributed by atoms with van der Waals surface area (Å²) >= 11 is 0. The lowest BCUT2D eigenvalue weighted by Crippen LogP contribution is -2.19. The second kappa shape index (κ2) is 36.1. The maximum absolute atomic E-state index is 11.9. The molecular formula is C75H72O20. The van der Waals surface area contributed by atoms with Crippen molar-refractivity contribution in [2.24, 2.45) is 0 Å². The van der Waals surface area contributed by atoms with Gasteiger partial charge >= 0.3 is 47.8 Å². The van der Waals surface area contributed by atoms with Gasteiger partial charge < -0.3 is 56.8 Å². The molecule has 7 aromatic rings. The smallest absolute Gasteiger partial charge is 0.349 e. The van der Waals surface area contributed by atoms with Gasteiger partial charge in [0, 0.05) is 45.1 Å². The van der Waals surface area contributed by atoms with Gasteiger partial charge in [0.1, 0.15) is 42.0 Å². The Balaban J connectivity index is 0.000000259. The zero-order valence-corrected chi connectivity index (χ0v) is 54.2. The Morgan fingerprint density at radius 2 is 0.642 bits per heavy atom. The van der Waals surface area contributed by atoms with Crippen molar-refractivity contribution in [2.45, 2.75) is 41.5 Å². The number of carbonyl (C=O) groups is 8. The van der Waals surface area contributed by atoms with Gasteiger partial charge in [-0.25, -0.2) is 38.4 Å². The summed E-state index contributed by atoms with van der Waals surface area (Å²) in [6.07, 6.45) is 0. The third-order valence-corrected chi connectivity index (χ3v) is 12.6. The van der Waals surface area contributed by atoms with Crippen LogP contribution in [0.1, 0.15) is 41.5 Å². The van der Waals surface area contributed by atoms with Gasteiger partial charge in [-0.05, 0) is 159 Å². The zero-order valence-electron chi connectivity index (χ0n) is 54.2.